The molecule has 2 saturated carbocycles. The van der Waals surface area contributed by atoms with E-state index in [4.69, 9.17) is 0 Å². The van der Waals surface area contributed by atoms with Crippen molar-refractivity contribution in [1.29, 1.82) is 0 Å². The van der Waals surface area contributed by atoms with Crippen LogP contribution in [0.5, 0.6) is 0 Å². The van der Waals surface area contributed by atoms with E-state index >= 15 is 0 Å². The summed E-state index contributed by atoms with van der Waals surface area (Å²) in [5.41, 5.74) is 1.26. The maximum atomic E-state index is 12.3. The predicted octanol–water partition coefficient (Wildman–Crippen LogP) is 3.74. The molecule has 0 aromatic carbocycles. The minimum absolute atomic E-state index is 0.0722. The lowest BCUT2D eigenvalue weighted by molar-refractivity contribution is -0.125. The highest BCUT2D eigenvalue weighted by Crippen LogP contribution is 2.65. The van der Waals surface area contributed by atoms with E-state index in [1.54, 1.807) is 0 Å². The molecule has 0 aromatic heterocycles. The van der Waals surface area contributed by atoms with Crippen molar-refractivity contribution in [2.45, 2.75) is 53.4 Å². The van der Waals surface area contributed by atoms with Crippen LogP contribution in [0.4, 0.5) is 0 Å². The number of rotatable bonds is 2. The summed E-state index contributed by atoms with van der Waals surface area (Å²) in [6.07, 6.45) is 6.71. The summed E-state index contributed by atoms with van der Waals surface area (Å²) in [4.78, 5) is 12.3. The molecule has 2 rings (SSSR count). The number of ketones is 1. The second kappa shape index (κ2) is 3.20. The Morgan fingerprint density at radius 3 is 2.53 bits per heavy atom. The molecule has 0 amide bonds. The molecular formula is C14H22O. The topological polar surface area (TPSA) is 17.1 Å². The zero-order valence-corrected chi connectivity index (χ0v) is 10.4. The highest BCUT2D eigenvalue weighted by atomic mass is 16.1. The smallest absolute Gasteiger partial charge is 0.165 e. The Bertz CT molecular complexity index is 324. The Morgan fingerprint density at radius 2 is 2.07 bits per heavy atom. The van der Waals surface area contributed by atoms with Crippen LogP contribution < -0.4 is 0 Å². The third-order valence-corrected chi connectivity index (χ3v) is 5.02. The van der Waals surface area contributed by atoms with Crippen LogP contribution in [-0.2, 0) is 4.79 Å². The minimum atomic E-state index is -0.0722. The summed E-state index contributed by atoms with van der Waals surface area (Å²) in [5.74, 6) is 0.971. The molecule has 1 nitrogen and oxygen atoms in total. The van der Waals surface area contributed by atoms with Crippen molar-refractivity contribution in [2.75, 3.05) is 0 Å². The van der Waals surface area contributed by atoms with Gasteiger partial charge in [0.1, 0.15) is 0 Å². The molecule has 1 heteroatoms. The summed E-state index contributed by atoms with van der Waals surface area (Å²) in [7, 11) is 0. The quantitative estimate of drug-likeness (QED) is 0.629. The normalized spacial score (nSPS) is 40.4. The molecule has 2 fully saturated rings. The molecule has 2 aliphatic rings. The minimum Gasteiger partial charge on any atom is -0.294 e. The van der Waals surface area contributed by atoms with Crippen LogP contribution in [0.2, 0.25) is 0 Å². The van der Waals surface area contributed by atoms with Gasteiger partial charge in [-0.25, -0.2) is 0 Å². The lowest BCUT2D eigenvalue weighted by atomic mass is 9.70. The Hall–Kier alpha value is -0.590. The standard InChI is InChI=1S/C14H22O/c1-5-6-7-10-11-8-9-14(4,12(10)15)13(11,2)3/h7,11H,5-6,8-9H2,1-4H3/b10-7+/t11-,14+/m0/s1. The number of carbonyl (C=O) groups is 1. The second-order valence-electron chi connectivity index (χ2n) is 5.92. The third-order valence-electron chi connectivity index (χ3n) is 5.02. The van der Waals surface area contributed by atoms with Crippen LogP contribution in [-0.4, -0.2) is 5.78 Å². The lowest BCUT2D eigenvalue weighted by Crippen LogP contribution is -2.32. The van der Waals surface area contributed by atoms with E-state index in [-0.39, 0.29) is 10.8 Å². The molecule has 0 saturated heterocycles. The summed E-state index contributed by atoms with van der Waals surface area (Å²) in [5, 5.41) is 0. The molecule has 0 unspecified atom stereocenters. The number of allylic oxidation sites excluding steroid dienone is 2. The largest absolute Gasteiger partial charge is 0.294 e. The number of hydrogen-bond acceptors (Lipinski definition) is 1. The van der Waals surface area contributed by atoms with Gasteiger partial charge in [-0.05, 0) is 36.2 Å². The maximum absolute atomic E-state index is 12.3. The number of fused-ring (bicyclic) bond motifs is 2. The number of carbonyl (C=O) groups excluding carboxylic acids is 1. The van der Waals surface area contributed by atoms with Gasteiger partial charge in [0.2, 0.25) is 0 Å². The zero-order chi connectivity index (χ0) is 11.3. The van der Waals surface area contributed by atoms with E-state index < -0.39 is 0 Å². The Labute approximate surface area is 92.9 Å². The van der Waals surface area contributed by atoms with Gasteiger partial charge in [0.25, 0.3) is 0 Å². The fraction of sp³-hybridized carbons (Fsp3) is 0.786. The third kappa shape index (κ3) is 1.18. The van der Waals surface area contributed by atoms with Crippen molar-refractivity contribution < 1.29 is 4.79 Å². The first-order valence-electron chi connectivity index (χ1n) is 6.20. The van der Waals surface area contributed by atoms with Gasteiger partial charge >= 0.3 is 0 Å². The SMILES string of the molecule is CCC/C=C1/C(=O)[C@@]2(C)CC[C@@H]1C2(C)C. The van der Waals surface area contributed by atoms with E-state index in [0.717, 1.165) is 24.8 Å². The van der Waals surface area contributed by atoms with Gasteiger partial charge in [-0.1, -0.05) is 40.2 Å². The van der Waals surface area contributed by atoms with E-state index in [9.17, 15) is 4.79 Å². The van der Waals surface area contributed by atoms with Crippen LogP contribution in [0.1, 0.15) is 53.4 Å². The first-order chi connectivity index (χ1) is 6.95. The molecule has 2 atom stereocenters. The van der Waals surface area contributed by atoms with Crippen LogP contribution in [0.15, 0.2) is 11.6 Å². The monoisotopic (exact) mass is 206 g/mol. The summed E-state index contributed by atoms with van der Waals surface area (Å²) in [6, 6.07) is 0. The molecule has 15 heavy (non-hydrogen) atoms. The number of Topliss-reactive ketones (excluding diaryl/α,β-unsaturated/α-hetero) is 1. The predicted molar refractivity (Wildman–Crippen MR) is 62.6 cm³/mol. The fourth-order valence-electron chi connectivity index (χ4n) is 3.46. The number of unbranched alkanes of at least 4 members (excludes halogenated alkanes) is 1. The first kappa shape index (κ1) is 10.9. The summed E-state index contributed by atoms with van der Waals surface area (Å²) in [6.45, 7) is 8.88. The number of hydrogen-bond donors (Lipinski definition) is 0. The van der Waals surface area contributed by atoms with Gasteiger partial charge in [-0.15, -0.1) is 0 Å². The van der Waals surface area contributed by atoms with Gasteiger partial charge in [0.15, 0.2) is 5.78 Å². The van der Waals surface area contributed by atoms with E-state index in [0.29, 0.717) is 11.7 Å². The molecule has 2 aliphatic carbocycles. The molecule has 0 aliphatic heterocycles. The van der Waals surface area contributed by atoms with Crippen molar-refractivity contribution in [1.82, 2.24) is 0 Å². The van der Waals surface area contributed by atoms with Crippen molar-refractivity contribution in [3.63, 3.8) is 0 Å². The summed E-state index contributed by atoms with van der Waals surface area (Å²) >= 11 is 0. The average Bonchev–Trinajstić information content (AvgIpc) is 2.48. The Morgan fingerprint density at radius 1 is 1.40 bits per heavy atom. The molecule has 0 N–H and O–H groups in total. The van der Waals surface area contributed by atoms with E-state index in [2.05, 4.69) is 33.8 Å². The van der Waals surface area contributed by atoms with Crippen molar-refractivity contribution in [3.8, 4) is 0 Å². The van der Waals surface area contributed by atoms with Gasteiger partial charge in [0, 0.05) is 5.41 Å². The highest BCUT2D eigenvalue weighted by Gasteiger charge is 2.63. The summed E-state index contributed by atoms with van der Waals surface area (Å²) < 4.78 is 0. The molecule has 0 aromatic rings. The van der Waals surface area contributed by atoms with Crippen LogP contribution in [0.25, 0.3) is 0 Å². The molecule has 0 radical (unpaired) electrons. The molecular weight excluding hydrogens is 184 g/mol. The molecule has 0 spiro atoms. The maximum Gasteiger partial charge on any atom is 0.165 e. The van der Waals surface area contributed by atoms with Gasteiger partial charge in [0.05, 0.1) is 0 Å². The average molecular weight is 206 g/mol. The van der Waals surface area contributed by atoms with Crippen LogP contribution in [0.3, 0.4) is 0 Å². The second-order valence-corrected chi connectivity index (χ2v) is 5.92. The molecule has 2 bridgehead atoms. The van der Waals surface area contributed by atoms with Crippen molar-refractivity contribution in [2.24, 2.45) is 16.7 Å². The van der Waals surface area contributed by atoms with Gasteiger partial charge in [-0.2, -0.15) is 0 Å². The Balaban J connectivity index is 2.38. The van der Waals surface area contributed by atoms with Gasteiger partial charge < -0.3 is 0 Å². The zero-order valence-electron chi connectivity index (χ0n) is 10.4. The van der Waals surface area contributed by atoms with Gasteiger partial charge in [-0.3, -0.25) is 4.79 Å². The molecule has 84 valence electrons. The van der Waals surface area contributed by atoms with Crippen molar-refractivity contribution in [3.05, 3.63) is 11.6 Å². The van der Waals surface area contributed by atoms with Crippen LogP contribution in [0, 0.1) is 16.7 Å². The van der Waals surface area contributed by atoms with Crippen LogP contribution >= 0.6 is 0 Å². The van der Waals surface area contributed by atoms with E-state index in [1.165, 1.54) is 6.42 Å². The lowest BCUT2D eigenvalue weighted by Gasteiger charge is -2.31. The molecule has 0 heterocycles. The van der Waals surface area contributed by atoms with Crippen molar-refractivity contribution >= 4 is 5.78 Å². The fourth-order valence-corrected chi connectivity index (χ4v) is 3.46. The first-order valence-corrected chi connectivity index (χ1v) is 6.20. The highest BCUT2D eigenvalue weighted by molar-refractivity contribution is 6.04. The Kier molecular flexibility index (Phi) is 2.33. The van der Waals surface area contributed by atoms with E-state index in [1.807, 2.05) is 0 Å².